The summed E-state index contributed by atoms with van der Waals surface area (Å²) in [4.78, 5) is 0. The van der Waals surface area contributed by atoms with Gasteiger partial charge in [0, 0.05) is 19.2 Å². The number of rotatable bonds is 5. The Labute approximate surface area is 122 Å². The first-order valence-electron chi connectivity index (χ1n) is 7.57. The van der Waals surface area contributed by atoms with Crippen molar-refractivity contribution in [2.24, 2.45) is 0 Å². The van der Waals surface area contributed by atoms with Crippen molar-refractivity contribution in [2.75, 3.05) is 6.61 Å². The highest BCUT2D eigenvalue weighted by atomic mass is 16.5. The first kappa shape index (κ1) is 15.3. The van der Waals surface area contributed by atoms with Crippen LogP contribution >= 0.6 is 0 Å². The molecule has 0 spiro atoms. The molecule has 0 unspecified atom stereocenters. The molecule has 0 saturated carbocycles. The summed E-state index contributed by atoms with van der Waals surface area (Å²) >= 11 is 0. The van der Waals surface area contributed by atoms with Crippen LogP contribution in [0.4, 0.5) is 0 Å². The maximum atomic E-state index is 5.74. The lowest BCUT2D eigenvalue weighted by Crippen LogP contribution is -2.43. The van der Waals surface area contributed by atoms with E-state index in [4.69, 9.17) is 9.47 Å². The summed E-state index contributed by atoms with van der Waals surface area (Å²) in [5, 5.41) is 3.63. The van der Waals surface area contributed by atoms with Crippen LogP contribution in [0.3, 0.4) is 0 Å². The summed E-state index contributed by atoms with van der Waals surface area (Å²) in [6.07, 6.45) is 2.39. The smallest absolute Gasteiger partial charge is 0.119 e. The average molecular weight is 277 g/mol. The van der Waals surface area contributed by atoms with Gasteiger partial charge < -0.3 is 14.8 Å². The largest absolute Gasteiger partial charge is 0.491 e. The molecule has 3 heteroatoms. The predicted molar refractivity (Wildman–Crippen MR) is 82.1 cm³/mol. The third-order valence-corrected chi connectivity index (χ3v) is 3.59. The van der Waals surface area contributed by atoms with E-state index >= 15 is 0 Å². The molecule has 1 aliphatic heterocycles. The standard InChI is InChI=1S/C17H27NO2/c1-13(2)20-16-7-5-14(6-8-16)12-18-15-9-10-19-17(3,4)11-15/h5-8,13,15,18H,9-12H2,1-4H3/t15-/m0/s1. The Morgan fingerprint density at radius 1 is 1.30 bits per heavy atom. The predicted octanol–water partition coefficient (Wildman–Crippen LogP) is 3.52. The molecule has 112 valence electrons. The fraction of sp³-hybridized carbons (Fsp3) is 0.647. The van der Waals surface area contributed by atoms with Crippen molar-refractivity contribution < 1.29 is 9.47 Å². The molecule has 1 aromatic carbocycles. The van der Waals surface area contributed by atoms with E-state index in [9.17, 15) is 0 Å². The molecular weight excluding hydrogens is 250 g/mol. The van der Waals surface area contributed by atoms with Crippen LogP contribution in [0, 0.1) is 0 Å². The van der Waals surface area contributed by atoms with Crippen molar-refractivity contribution in [3.63, 3.8) is 0 Å². The van der Waals surface area contributed by atoms with E-state index in [1.807, 2.05) is 26.0 Å². The van der Waals surface area contributed by atoms with Crippen LogP contribution in [-0.4, -0.2) is 24.4 Å². The lowest BCUT2D eigenvalue weighted by atomic mass is 9.94. The Kier molecular flexibility index (Phi) is 5.06. The lowest BCUT2D eigenvalue weighted by Gasteiger charge is -2.36. The zero-order valence-corrected chi connectivity index (χ0v) is 13.1. The summed E-state index contributed by atoms with van der Waals surface area (Å²) in [5.74, 6) is 0.941. The second-order valence-corrected chi connectivity index (χ2v) is 6.49. The van der Waals surface area contributed by atoms with Crippen LogP contribution in [-0.2, 0) is 11.3 Å². The Bertz CT molecular complexity index is 412. The highest BCUT2D eigenvalue weighted by Crippen LogP contribution is 2.24. The third kappa shape index (κ3) is 4.80. The molecule has 1 aliphatic rings. The Morgan fingerprint density at radius 2 is 2.00 bits per heavy atom. The average Bonchev–Trinajstić information content (AvgIpc) is 2.36. The van der Waals surface area contributed by atoms with Crippen molar-refractivity contribution in [1.82, 2.24) is 5.32 Å². The molecule has 0 amide bonds. The molecule has 3 nitrogen and oxygen atoms in total. The Hall–Kier alpha value is -1.06. The van der Waals surface area contributed by atoms with E-state index < -0.39 is 0 Å². The number of hydrogen-bond acceptors (Lipinski definition) is 3. The summed E-state index contributed by atoms with van der Waals surface area (Å²) in [7, 11) is 0. The van der Waals surface area contributed by atoms with Gasteiger partial charge in [-0.3, -0.25) is 0 Å². The van der Waals surface area contributed by atoms with Crippen LogP contribution < -0.4 is 10.1 Å². The maximum Gasteiger partial charge on any atom is 0.119 e. The molecule has 1 N–H and O–H groups in total. The van der Waals surface area contributed by atoms with Gasteiger partial charge in [0.2, 0.25) is 0 Å². The van der Waals surface area contributed by atoms with Crippen LogP contribution in [0.2, 0.25) is 0 Å². The molecule has 1 heterocycles. The first-order valence-corrected chi connectivity index (χ1v) is 7.57. The molecular formula is C17H27NO2. The SMILES string of the molecule is CC(C)Oc1ccc(CN[C@H]2CCOC(C)(C)C2)cc1. The van der Waals surface area contributed by atoms with E-state index in [2.05, 4.69) is 31.3 Å². The summed E-state index contributed by atoms with van der Waals surface area (Å²) < 4.78 is 11.4. The van der Waals surface area contributed by atoms with Gasteiger partial charge in [0.05, 0.1) is 11.7 Å². The van der Waals surface area contributed by atoms with E-state index in [-0.39, 0.29) is 11.7 Å². The summed E-state index contributed by atoms with van der Waals surface area (Å²) in [6, 6.07) is 8.91. The summed E-state index contributed by atoms with van der Waals surface area (Å²) in [5.41, 5.74) is 1.30. The van der Waals surface area contributed by atoms with Gasteiger partial charge in [-0.05, 0) is 58.2 Å². The van der Waals surface area contributed by atoms with Gasteiger partial charge in [0.15, 0.2) is 0 Å². The van der Waals surface area contributed by atoms with Crippen LogP contribution in [0.5, 0.6) is 5.75 Å². The minimum atomic E-state index is 0.00484. The first-order chi connectivity index (χ1) is 9.44. The van der Waals surface area contributed by atoms with Crippen molar-refractivity contribution in [3.8, 4) is 5.75 Å². The quantitative estimate of drug-likeness (QED) is 0.893. The minimum absolute atomic E-state index is 0.00484. The summed E-state index contributed by atoms with van der Waals surface area (Å²) in [6.45, 7) is 10.2. The van der Waals surface area contributed by atoms with Crippen LogP contribution in [0.1, 0.15) is 46.1 Å². The molecule has 1 saturated heterocycles. The minimum Gasteiger partial charge on any atom is -0.491 e. The molecule has 2 rings (SSSR count). The second-order valence-electron chi connectivity index (χ2n) is 6.49. The number of benzene rings is 1. The van der Waals surface area contributed by atoms with Crippen molar-refractivity contribution >= 4 is 0 Å². The van der Waals surface area contributed by atoms with Crippen molar-refractivity contribution in [2.45, 2.75) is 64.8 Å². The van der Waals surface area contributed by atoms with Gasteiger partial charge in [-0.25, -0.2) is 0 Å². The third-order valence-electron chi connectivity index (χ3n) is 3.59. The Balaban J connectivity index is 1.82. The zero-order chi connectivity index (χ0) is 14.6. The van der Waals surface area contributed by atoms with Gasteiger partial charge in [-0.15, -0.1) is 0 Å². The van der Waals surface area contributed by atoms with Crippen LogP contribution in [0.15, 0.2) is 24.3 Å². The van der Waals surface area contributed by atoms with E-state index in [0.29, 0.717) is 6.04 Å². The molecule has 1 fully saturated rings. The molecule has 0 aromatic heterocycles. The second kappa shape index (κ2) is 6.59. The maximum absolute atomic E-state index is 5.74. The van der Waals surface area contributed by atoms with Gasteiger partial charge >= 0.3 is 0 Å². The van der Waals surface area contributed by atoms with Crippen molar-refractivity contribution in [1.29, 1.82) is 0 Å². The molecule has 0 bridgehead atoms. The van der Waals surface area contributed by atoms with Gasteiger partial charge in [0.1, 0.15) is 5.75 Å². The monoisotopic (exact) mass is 277 g/mol. The number of ether oxygens (including phenoxy) is 2. The molecule has 1 atom stereocenters. The van der Waals surface area contributed by atoms with E-state index in [1.165, 1.54) is 5.56 Å². The van der Waals surface area contributed by atoms with Gasteiger partial charge in [-0.2, -0.15) is 0 Å². The van der Waals surface area contributed by atoms with Crippen molar-refractivity contribution in [3.05, 3.63) is 29.8 Å². The normalized spacial score (nSPS) is 21.9. The fourth-order valence-electron chi connectivity index (χ4n) is 2.63. The molecule has 1 aromatic rings. The number of nitrogens with one attached hydrogen (secondary N) is 1. The van der Waals surface area contributed by atoms with Gasteiger partial charge in [-0.1, -0.05) is 12.1 Å². The molecule has 20 heavy (non-hydrogen) atoms. The zero-order valence-electron chi connectivity index (χ0n) is 13.1. The van der Waals surface area contributed by atoms with Gasteiger partial charge in [0.25, 0.3) is 0 Å². The Morgan fingerprint density at radius 3 is 2.60 bits per heavy atom. The highest BCUT2D eigenvalue weighted by Gasteiger charge is 2.28. The van der Waals surface area contributed by atoms with E-state index in [0.717, 1.165) is 31.7 Å². The topological polar surface area (TPSA) is 30.5 Å². The lowest BCUT2D eigenvalue weighted by molar-refractivity contribution is -0.0630. The van der Waals surface area contributed by atoms with Crippen LogP contribution in [0.25, 0.3) is 0 Å². The molecule has 0 radical (unpaired) electrons. The number of hydrogen-bond donors (Lipinski definition) is 1. The van der Waals surface area contributed by atoms with E-state index in [1.54, 1.807) is 0 Å². The highest BCUT2D eigenvalue weighted by molar-refractivity contribution is 5.27. The molecule has 0 aliphatic carbocycles. The fourth-order valence-corrected chi connectivity index (χ4v) is 2.63.